The lowest BCUT2D eigenvalue weighted by Gasteiger charge is -1.97. The van der Waals surface area contributed by atoms with Crippen LogP contribution in [0.4, 0.5) is 0 Å². The minimum absolute atomic E-state index is 0. The van der Waals surface area contributed by atoms with E-state index in [4.69, 9.17) is 0 Å². The second-order valence-corrected chi connectivity index (χ2v) is 5.64. The van der Waals surface area contributed by atoms with Crippen LogP contribution in [0, 0.1) is 0 Å². The zero-order valence-corrected chi connectivity index (χ0v) is 8.04. The largest absolute Gasteiger partial charge is 0.870 e. The smallest absolute Gasteiger partial charge is 0.0814 e. The van der Waals surface area contributed by atoms with Crippen LogP contribution >= 0.6 is 7.92 Å². The van der Waals surface area contributed by atoms with Crippen molar-refractivity contribution in [1.82, 2.24) is 0 Å². The summed E-state index contributed by atoms with van der Waals surface area (Å²) in [6.07, 6.45) is 1.30. The first-order valence-electron chi connectivity index (χ1n) is 3.62. The average molecular weight is 170 g/mol. The normalized spacial score (nSPS) is 9.36. The molecule has 1 N–H and O–H groups in total. The summed E-state index contributed by atoms with van der Waals surface area (Å²) in [5.41, 5.74) is 1.49. The molecule has 0 saturated heterocycles. The van der Waals surface area contributed by atoms with Crippen LogP contribution in [-0.4, -0.2) is 18.8 Å². The topological polar surface area (TPSA) is 30.0 Å². The molecule has 62 valence electrons. The zero-order chi connectivity index (χ0) is 7.40. The molecule has 1 rings (SSSR count). The molecule has 0 amide bonds. The van der Waals surface area contributed by atoms with E-state index >= 15 is 0 Å². The Labute approximate surface area is 69.5 Å². The van der Waals surface area contributed by atoms with Crippen LogP contribution in [0.3, 0.4) is 0 Å². The van der Waals surface area contributed by atoms with Crippen molar-refractivity contribution < 1.29 is 5.48 Å². The van der Waals surface area contributed by atoms with E-state index in [2.05, 4.69) is 43.7 Å². The van der Waals surface area contributed by atoms with E-state index in [1.54, 1.807) is 0 Å². The van der Waals surface area contributed by atoms with Crippen LogP contribution in [0.25, 0.3) is 0 Å². The maximum Gasteiger partial charge on any atom is 0.0814 e. The Morgan fingerprint density at radius 2 is 1.64 bits per heavy atom. The van der Waals surface area contributed by atoms with Gasteiger partial charge in [-0.3, -0.25) is 0 Å². The standard InChI is InChI=1S/C9H13P.H2O/c1-10(2)8-9-6-4-3-5-7-9;/h3-7H,8H2,1-2H3;1H2. The summed E-state index contributed by atoms with van der Waals surface area (Å²) in [6, 6.07) is 10.7. The first kappa shape index (κ1) is 10.6. The highest BCUT2D eigenvalue weighted by Gasteiger charge is 1.99. The van der Waals surface area contributed by atoms with Gasteiger partial charge in [-0.25, -0.2) is 0 Å². The molecule has 0 aliphatic rings. The molecule has 1 aromatic carbocycles. The fraction of sp³-hybridized carbons (Fsp3) is 0.333. The first-order chi connectivity index (χ1) is 4.79. The van der Waals surface area contributed by atoms with E-state index in [1.807, 2.05) is 0 Å². The summed E-state index contributed by atoms with van der Waals surface area (Å²) in [5.74, 6) is 0. The van der Waals surface area contributed by atoms with Crippen molar-refractivity contribution in [3.63, 3.8) is 0 Å². The van der Waals surface area contributed by atoms with E-state index in [-0.39, 0.29) is 13.4 Å². The van der Waals surface area contributed by atoms with Crippen LogP contribution in [0.5, 0.6) is 0 Å². The second kappa shape index (κ2) is 5.29. The predicted molar refractivity (Wildman–Crippen MR) is 52.2 cm³/mol. The fourth-order valence-corrected chi connectivity index (χ4v) is 2.06. The quantitative estimate of drug-likeness (QED) is 0.627. The van der Waals surface area contributed by atoms with Gasteiger partial charge in [-0.1, -0.05) is 30.3 Å². The van der Waals surface area contributed by atoms with Crippen LogP contribution < -0.4 is 0 Å². The van der Waals surface area contributed by atoms with Gasteiger partial charge in [-0.05, 0) is 13.5 Å². The molecule has 0 aliphatic heterocycles. The Balaban J connectivity index is 0.000001000. The third-order valence-electron chi connectivity index (χ3n) is 1.40. The minimum atomic E-state index is -0.0870. The lowest BCUT2D eigenvalue weighted by Crippen LogP contribution is -1.79. The van der Waals surface area contributed by atoms with Gasteiger partial charge in [0.25, 0.3) is 0 Å². The van der Waals surface area contributed by atoms with Crippen molar-refractivity contribution in [3.8, 4) is 0 Å². The molecule has 1 aromatic rings. The second-order valence-electron chi connectivity index (χ2n) is 2.87. The Hall–Kier alpha value is -0.390. The highest BCUT2D eigenvalue weighted by atomic mass is 31.1. The summed E-state index contributed by atoms with van der Waals surface area (Å²) >= 11 is 0. The highest BCUT2D eigenvalue weighted by Crippen LogP contribution is 2.29. The van der Waals surface area contributed by atoms with Crippen LogP contribution in [0.1, 0.15) is 5.56 Å². The summed E-state index contributed by atoms with van der Waals surface area (Å²) in [4.78, 5) is 0. The molecule has 2 heteroatoms. The SMILES string of the molecule is C[PH+](C)Cc1ccccc1.[OH-]. The number of rotatable bonds is 2. The molecule has 0 heterocycles. The monoisotopic (exact) mass is 170 g/mol. The Bertz CT molecular complexity index is 184. The van der Waals surface area contributed by atoms with Gasteiger partial charge in [0.2, 0.25) is 0 Å². The maximum atomic E-state index is 2.34. The Morgan fingerprint density at radius 3 is 2.09 bits per heavy atom. The molecule has 0 fully saturated rings. The van der Waals surface area contributed by atoms with Crippen molar-refractivity contribution >= 4 is 7.92 Å². The molecule has 0 saturated carbocycles. The third kappa shape index (κ3) is 4.13. The van der Waals surface area contributed by atoms with Crippen molar-refractivity contribution in [2.45, 2.75) is 6.16 Å². The van der Waals surface area contributed by atoms with E-state index in [0.29, 0.717) is 0 Å². The summed E-state index contributed by atoms with van der Waals surface area (Å²) < 4.78 is 0. The van der Waals surface area contributed by atoms with E-state index in [1.165, 1.54) is 11.7 Å². The molecule has 0 bridgehead atoms. The van der Waals surface area contributed by atoms with Crippen LogP contribution in [0.15, 0.2) is 30.3 Å². The maximum absolute atomic E-state index is 2.34. The molecule has 0 aliphatic carbocycles. The Morgan fingerprint density at radius 1 is 1.09 bits per heavy atom. The zero-order valence-electron chi connectivity index (χ0n) is 7.04. The van der Waals surface area contributed by atoms with Gasteiger partial charge in [-0.2, -0.15) is 0 Å². The third-order valence-corrected chi connectivity index (χ3v) is 2.52. The van der Waals surface area contributed by atoms with Crippen molar-refractivity contribution in [2.75, 3.05) is 13.3 Å². The molecule has 11 heavy (non-hydrogen) atoms. The van der Waals surface area contributed by atoms with E-state index in [9.17, 15) is 0 Å². The first-order valence-corrected chi connectivity index (χ1v) is 6.32. The molecule has 1 nitrogen and oxygen atoms in total. The molecule has 0 atom stereocenters. The molecule has 0 aromatic heterocycles. The van der Waals surface area contributed by atoms with Gasteiger partial charge in [0.15, 0.2) is 0 Å². The number of hydrogen-bond acceptors (Lipinski definition) is 1. The van der Waals surface area contributed by atoms with E-state index < -0.39 is 0 Å². The average Bonchev–Trinajstić information content (AvgIpc) is 1.88. The summed E-state index contributed by atoms with van der Waals surface area (Å²) in [5, 5.41) is 0. The van der Waals surface area contributed by atoms with Gasteiger partial charge in [0.1, 0.15) is 0 Å². The molecule has 0 spiro atoms. The van der Waals surface area contributed by atoms with Gasteiger partial charge in [0.05, 0.1) is 6.16 Å². The predicted octanol–water partition coefficient (Wildman–Crippen LogP) is 2.48. The molecule has 0 radical (unpaired) electrons. The Kier molecular flexibility index (Phi) is 5.10. The van der Waals surface area contributed by atoms with Gasteiger partial charge < -0.3 is 5.48 Å². The lowest BCUT2D eigenvalue weighted by molar-refractivity contribution is 0.824. The van der Waals surface area contributed by atoms with Crippen LogP contribution in [0.2, 0.25) is 0 Å². The molecule has 0 unspecified atom stereocenters. The summed E-state index contributed by atoms with van der Waals surface area (Å²) in [7, 11) is -0.0870. The number of benzene rings is 1. The van der Waals surface area contributed by atoms with Gasteiger partial charge in [0, 0.05) is 13.3 Å². The van der Waals surface area contributed by atoms with Gasteiger partial charge in [-0.15, -0.1) is 0 Å². The van der Waals surface area contributed by atoms with Crippen molar-refractivity contribution in [2.24, 2.45) is 0 Å². The lowest BCUT2D eigenvalue weighted by atomic mass is 10.2. The van der Waals surface area contributed by atoms with Crippen molar-refractivity contribution in [3.05, 3.63) is 35.9 Å². The fourth-order valence-electron chi connectivity index (χ4n) is 1.00. The molecular weight excluding hydrogens is 155 g/mol. The van der Waals surface area contributed by atoms with Crippen molar-refractivity contribution in [1.29, 1.82) is 0 Å². The van der Waals surface area contributed by atoms with E-state index in [0.717, 1.165) is 0 Å². The minimum Gasteiger partial charge on any atom is -0.870 e. The highest BCUT2D eigenvalue weighted by molar-refractivity contribution is 7.55. The summed E-state index contributed by atoms with van der Waals surface area (Å²) in [6.45, 7) is 4.69. The van der Waals surface area contributed by atoms with Gasteiger partial charge >= 0.3 is 0 Å². The van der Waals surface area contributed by atoms with Crippen LogP contribution in [-0.2, 0) is 6.16 Å². The number of hydrogen-bond donors (Lipinski definition) is 0. The molecular formula is C9H15OP.